The van der Waals surface area contributed by atoms with Crippen molar-refractivity contribution < 1.29 is 19.1 Å². The molecular weight excluding hydrogens is 404 g/mol. The number of amides is 2. The molecule has 0 radical (unpaired) electrons. The highest BCUT2D eigenvalue weighted by Gasteiger charge is 2.36. The van der Waals surface area contributed by atoms with Gasteiger partial charge < -0.3 is 14.5 Å². The van der Waals surface area contributed by atoms with E-state index in [-0.39, 0.29) is 29.7 Å². The first-order valence-electron chi connectivity index (χ1n) is 11.3. The van der Waals surface area contributed by atoms with E-state index in [9.17, 15) is 14.4 Å². The summed E-state index contributed by atoms with van der Waals surface area (Å²) in [6.07, 6.45) is 1.04. The van der Waals surface area contributed by atoms with E-state index in [0.717, 1.165) is 23.2 Å². The van der Waals surface area contributed by atoms with Gasteiger partial charge in [0.25, 0.3) is 11.8 Å². The van der Waals surface area contributed by atoms with E-state index in [1.165, 1.54) is 0 Å². The van der Waals surface area contributed by atoms with Crippen LogP contribution in [0.15, 0.2) is 48.5 Å². The van der Waals surface area contributed by atoms with Crippen molar-refractivity contribution in [1.29, 1.82) is 0 Å². The SMILES string of the molecule is Cc1ccccc1C(=O)N1CCC(C(=O)O[C@H](C)C(=O)N2c3ccccc3C[C@@H]2C)CC1. The summed E-state index contributed by atoms with van der Waals surface area (Å²) in [6, 6.07) is 15.4. The summed E-state index contributed by atoms with van der Waals surface area (Å²) >= 11 is 0. The molecule has 4 rings (SSSR count). The maximum atomic E-state index is 13.1. The number of carbonyl (C=O) groups is 3. The number of carbonyl (C=O) groups excluding carboxylic acids is 3. The first-order chi connectivity index (χ1) is 15.4. The number of benzene rings is 2. The minimum Gasteiger partial charge on any atom is -0.452 e. The van der Waals surface area contributed by atoms with E-state index in [1.54, 1.807) is 16.7 Å². The highest BCUT2D eigenvalue weighted by atomic mass is 16.5. The van der Waals surface area contributed by atoms with Crippen molar-refractivity contribution >= 4 is 23.5 Å². The number of ether oxygens (including phenoxy) is 1. The molecule has 2 aliphatic rings. The summed E-state index contributed by atoms with van der Waals surface area (Å²) in [5, 5.41) is 0. The van der Waals surface area contributed by atoms with E-state index in [1.807, 2.05) is 62.4 Å². The number of piperidine rings is 1. The topological polar surface area (TPSA) is 66.9 Å². The van der Waals surface area contributed by atoms with Crippen LogP contribution in [0.2, 0.25) is 0 Å². The molecular formula is C26H30N2O4. The standard InChI is InChI=1S/C26H30N2O4/c1-17-8-4-6-10-22(17)25(30)27-14-12-20(13-15-27)26(31)32-19(3)24(29)28-18(2)16-21-9-5-7-11-23(21)28/h4-11,18-20H,12-16H2,1-3H3/t18-,19+/m0/s1. The first-order valence-corrected chi connectivity index (χ1v) is 11.3. The number of hydrogen-bond acceptors (Lipinski definition) is 4. The van der Waals surface area contributed by atoms with Gasteiger partial charge >= 0.3 is 5.97 Å². The molecule has 0 saturated carbocycles. The largest absolute Gasteiger partial charge is 0.452 e. The minimum atomic E-state index is -0.845. The van der Waals surface area contributed by atoms with Gasteiger partial charge in [-0.2, -0.15) is 0 Å². The van der Waals surface area contributed by atoms with Crippen LogP contribution in [-0.4, -0.2) is 47.9 Å². The number of likely N-dealkylation sites (tertiary alicyclic amines) is 1. The second kappa shape index (κ2) is 9.15. The second-order valence-electron chi connectivity index (χ2n) is 8.85. The zero-order valence-electron chi connectivity index (χ0n) is 18.9. The number of anilines is 1. The molecule has 6 nitrogen and oxygen atoms in total. The molecule has 0 unspecified atom stereocenters. The number of para-hydroxylation sites is 1. The van der Waals surface area contributed by atoms with Gasteiger partial charge in [0.05, 0.1) is 5.92 Å². The third kappa shape index (κ3) is 4.27. The van der Waals surface area contributed by atoms with Gasteiger partial charge in [-0.1, -0.05) is 36.4 Å². The fourth-order valence-electron chi connectivity index (χ4n) is 4.72. The van der Waals surface area contributed by atoms with Crippen molar-refractivity contribution in [2.24, 2.45) is 5.92 Å². The minimum absolute atomic E-state index is 0.000138. The van der Waals surface area contributed by atoms with Crippen LogP contribution in [0.3, 0.4) is 0 Å². The molecule has 32 heavy (non-hydrogen) atoms. The van der Waals surface area contributed by atoms with Crippen molar-refractivity contribution in [2.75, 3.05) is 18.0 Å². The van der Waals surface area contributed by atoms with Gasteiger partial charge in [-0.25, -0.2) is 0 Å². The Morgan fingerprint density at radius 1 is 1.00 bits per heavy atom. The predicted octanol–water partition coefficient (Wildman–Crippen LogP) is 3.76. The van der Waals surface area contributed by atoms with Gasteiger partial charge in [0.2, 0.25) is 0 Å². The molecule has 2 aromatic carbocycles. The average Bonchev–Trinajstić information content (AvgIpc) is 3.14. The fourth-order valence-corrected chi connectivity index (χ4v) is 4.72. The lowest BCUT2D eigenvalue weighted by Crippen LogP contribution is -2.45. The van der Waals surface area contributed by atoms with Gasteiger partial charge in [-0.05, 0) is 63.3 Å². The summed E-state index contributed by atoms with van der Waals surface area (Å²) in [4.78, 5) is 42.2. The van der Waals surface area contributed by atoms with E-state index in [0.29, 0.717) is 31.5 Å². The molecule has 0 N–H and O–H groups in total. The molecule has 2 aromatic rings. The molecule has 0 bridgehead atoms. The third-order valence-electron chi connectivity index (χ3n) is 6.58. The van der Waals surface area contributed by atoms with Crippen LogP contribution in [-0.2, 0) is 20.7 Å². The molecule has 2 atom stereocenters. The zero-order valence-corrected chi connectivity index (χ0v) is 18.9. The zero-order chi connectivity index (χ0) is 22.8. The van der Waals surface area contributed by atoms with E-state index in [2.05, 4.69) is 0 Å². The molecule has 0 spiro atoms. The summed E-state index contributed by atoms with van der Waals surface area (Å²) < 4.78 is 5.59. The van der Waals surface area contributed by atoms with Crippen LogP contribution in [0.1, 0.15) is 48.2 Å². The van der Waals surface area contributed by atoms with Gasteiger partial charge in [-0.15, -0.1) is 0 Å². The van der Waals surface area contributed by atoms with E-state index >= 15 is 0 Å². The second-order valence-corrected chi connectivity index (χ2v) is 8.85. The number of esters is 1. The van der Waals surface area contributed by atoms with Crippen molar-refractivity contribution in [2.45, 2.75) is 52.2 Å². The Balaban J connectivity index is 1.33. The van der Waals surface area contributed by atoms with Gasteiger partial charge in [-0.3, -0.25) is 14.4 Å². The van der Waals surface area contributed by atoms with Crippen molar-refractivity contribution in [1.82, 2.24) is 4.90 Å². The van der Waals surface area contributed by atoms with Crippen molar-refractivity contribution in [3.05, 3.63) is 65.2 Å². The van der Waals surface area contributed by atoms with Crippen LogP contribution in [0.25, 0.3) is 0 Å². The number of hydrogen-bond donors (Lipinski definition) is 0. The number of fused-ring (bicyclic) bond motifs is 1. The number of aryl methyl sites for hydroxylation is 1. The van der Waals surface area contributed by atoms with Crippen LogP contribution in [0.4, 0.5) is 5.69 Å². The quantitative estimate of drug-likeness (QED) is 0.688. The molecule has 2 amide bonds. The van der Waals surface area contributed by atoms with Crippen LogP contribution >= 0.6 is 0 Å². The lowest BCUT2D eigenvalue weighted by molar-refractivity contribution is -0.159. The lowest BCUT2D eigenvalue weighted by atomic mass is 9.96. The average molecular weight is 435 g/mol. The maximum Gasteiger partial charge on any atom is 0.309 e. The molecule has 2 aliphatic heterocycles. The Morgan fingerprint density at radius 3 is 2.38 bits per heavy atom. The summed E-state index contributed by atoms with van der Waals surface area (Å²) in [7, 11) is 0. The van der Waals surface area contributed by atoms with Gasteiger partial charge in [0.1, 0.15) is 0 Å². The first kappa shape index (κ1) is 22.1. The molecule has 6 heteroatoms. The van der Waals surface area contributed by atoms with Crippen LogP contribution in [0.5, 0.6) is 0 Å². The summed E-state index contributed by atoms with van der Waals surface area (Å²) in [6.45, 7) is 6.59. The Labute approximate surface area is 189 Å². The molecule has 1 saturated heterocycles. The van der Waals surface area contributed by atoms with Gasteiger partial charge in [0, 0.05) is 30.4 Å². The number of nitrogens with zero attached hydrogens (tertiary/aromatic N) is 2. The van der Waals surface area contributed by atoms with Crippen molar-refractivity contribution in [3.8, 4) is 0 Å². The third-order valence-corrected chi connectivity index (χ3v) is 6.58. The molecule has 0 aromatic heterocycles. The highest BCUT2D eigenvalue weighted by molar-refractivity contribution is 6.00. The highest BCUT2D eigenvalue weighted by Crippen LogP contribution is 2.32. The number of rotatable bonds is 4. The molecule has 1 fully saturated rings. The maximum absolute atomic E-state index is 13.1. The van der Waals surface area contributed by atoms with E-state index in [4.69, 9.17) is 4.74 Å². The van der Waals surface area contributed by atoms with Crippen molar-refractivity contribution in [3.63, 3.8) is 0 Å². The summed E-state index contributed by atoms with van der Waals surface area (Å²) in [5.41, 5.74) is 3.69. The fraction of sp³-hybridized carbons (Fsp3) is 0.423. The van der Waals surface area contributed by atoms with E-state index < -0.39 is 6.10 Å². The van der Waals surface area contributed by atoms with Crippen LogP contribution < -0.4 is 4.90 Å². The normalized spacial score (nSPS) is 19.4. The predicted molar refractivity (Wildman–Crippen MR) is 122 cm³/mol. The Kier molecular flexibility index (Phi) is 6.31. The monoisotopic (exact) mass is 434 g/mol. The molecule has 2 heterocycles. The molecule has 168 valence electrons. The Bertz CT molecular complexity index is 1030. The molecule has 0 aliphatic carbocycles. The van der Waals surface area contributed by atoms with Crippen LogP contribution in [0, 0.1) is 12.8 Å². The smallest absolute Gasteiger partial charge is 0.309 e. The Morgan fingerprint density at radius 2 is 1.66 bits per heavy atom. The van der Waals surface area contributed by atoms with Gasteiger partial charge in [0.15, 0.2) is 6.10 Å². The Hall–Kier alpha value is -3.15. The lowest BCUT2D eigenvalue weighted by Gasteiger charge is -2.32. The summed E-state index contributed by atoms with van der Waals surface area (Å²) in [5.74, 6) is -0.841.